The molecule has 1 amide bonds. The molecule has 1 heterocycles. The number of carbonyl (C=O) groups excluding carboxylic acids is 2. The number of carbonyl (C=O) groups is 2. The van der Waals surface area contributed by atoms with E-state index in [1.807, 2.05) is 0 Å². The molecule has 8 heteroatoms. The number of esters is 1. The van der Waals surface area contributed by atoms with Gasteiger partial charge in [-0.15, -0.1) is 5.10 Å². The van der Waals surface area contributed by atoms with E-state index in [9.17, 15) is 9.59 Å². The first-order valence-corrected chi connectivity index (χ1v) is 5.55. The third kappa shape index (κ3) is 3.52. The molecule has 0 unspecified atom stereocenters. The Morgan fingerprint density at radius 2 is 2.22 bits per heavy atom. The zero-order chi connectivity index (χ0) is 13.5. The van der Waals surface area contributed by atoms with E-state index in [0.717, 1.165) is 0 Å². The molecule has 1 aromatic heterocycles. The Morgan fingerprint density at radius 3 is 2.78 bits per heavy atom. The largest absolute Gasteiger partial charge is 0.464 e. The normalized spacial score (nSPS) is 10.2. The van der Waals surface area contributed by atoms with E-state index in [4.69, 9.17) is 5.73 Å². The van der Waals surface area contributed by atoms with Crippen molar-refractivity contribution in [2.75, 3.05) is 20.2 Å². The van der Waals surface area contributed by atoms with Crippen molar-refractivity contribution in [2.24, 2.45) is 5.73 Å². The van der Waals surface area contributed by atoms with Gasteiger partial charge < -0.3 is 15.8 Å². The van der Waals surface area contributed by atoms with Crippen molar-refractivity contribution in [1.82, 2.24) is 20.3 Å². The maximum absolute atomic E-state index is 11.5. The van der Waals surface area contributed by atoms with Crippen LogP contribution in [0.2, 0.25) is 0 Å². The lowest BCUT2D eigenvalue weighted by molar-refractivity contribution is -0.119. The number of methoxy groups -OCH3 is 1. The van der Waals surface area contributed by atoms with Gasteiger partial charge in [-0.25, -0.2) is 9.48 Å². The molecule has 0 aliphatic carbocycles. The Kier molecular flexibility index (Phi) is 5.25. The number of aromatic nitrogens is 3. The van der Waals surface area contributed by atoms with Crippen molar-refractivity contribution < 1.29 is 14.3 Å². The van der Waals surface area contributed by atoms with Gasteiger partial charge in [-0.3, -0.25) is 4.79 Å². The van der Waals surface area contributed by atoms with Gasteiger partial charge in [0.25, 0.3) is 0 Å². The summed E-state index contributed by atoms with van der Waals surface area (Å²) in [7, 11) is 1.28. The van der Waals surface area contributed by atoms with Gasteiger partial charge in [0.1, 0.15) is 0 Å². The van der Waals surface area contributed by atoms with Gasteiger partial charge in [-0.1, -0.05) is 5.21 Å². The van der Waals surface area contributed by atoms with Gasteiger partial charge in [-0.05, 0) is 6.54 Å². The molecule has 0 radical (unpaired) electrons. The van der Waals surface area contributed by atoms with Crippen LogP contribution in [0.3, 0.4) is 0 Å². The maximum Gasteiger partial charge on any atom is 0.360 e. The second kappa shape index (κ2) is 6.70. The van der Waals surface area contributed by atoms with E-state index in [0.29, 0.717) is 31.7 Å². The number of ether oxygens (including phenoxy) is 1. The summed E-state index contributed by atoms with van der Waals surface area (Å²) >= 11 is 0. The van der Waals surface area contributed by atoms with Crippen molar-refractivity contribution >= 4 is 11.9 Å². The van der Waals surface area contributed by atoms with E-state index in [1.165, 1.54) is 14.0 Å². The minimum Gasteiger partial charge on any atom is -0.464 e. The van der Waals surface area contributed by atoms with Crippen molar-refractivity contribution in [2.45, 2.75) is 19.9 Å². The predicted molar refractivity (Wildman–Crippen MR) is 62.8 cm³/mol. The summed E-state index contributed by atoms with van der Waals surface area (Å²) < 4.78 is 6.16. The molecule has 0 atom stereocenters. The molecule has 18 heavy (non-hydrogen) atoms. The minimum absolute atomic E-state index is 0.122. The van der Waals surface area contributed by atoms with Crippen molar-refractivity contribution in [1.29, 1.82) is 0 Å². The molecule has 0 aliphatic heterocycles. The number of rotatable bonds is 6. The number of hydrogen-bond acceptors (Lipinski definition) is 6. The third-order valence-electron chi connectivity index (χ3n) is 2.30. The van der Waals surface area contributed by atoms with Crippen LogP contribution >= 0.6 is 0 Å². The van der Waals surface area contributed by atoms with Crippen LogP contribution in [0.5, 0.6) is 0 Å². The predicted octanol–water partition coefficient (Wildman–Crippen LogP) is -1.30. The van der Waals surface area contributed by atoms with Crippen LogP contribution in [-0.2, 0) is 22.5 Å². The SMILES string of the molecule is COC(=O)c1nnn(CCNC(C)=O)c1CCN. The van der Waals surface area contributed by atoms with Crippen molar-refractivity contribution in [3.63, 3.8) is 0 Å². The molecular weight excluding hydrogens is 238 g/mol. The third-order valence-corrected chi connectivity index (χ3v) is 2.30. The summed E-state index contributed by atoms with van der Waals surface area (Å²) in [6.07, 6.45) is 0.470. The summed E-state index contributed by atoms with van der Waals surface area (Å²) in [5, 5.41) is 10.3. The summed E-state index contributed by atoms with van der Waals surface area (Å²) in [6, 6.07) is 0. The van der Waals surface area contributed by atoms with Gasteiger partial charge in [0.15, 0.2) is 5.69 Å². The van der Waals surface area contributed by atoms with E-state index < -0.39 is 5.97 Å². The molecule has 0 aliphatic rings. The van der Waals surface area contributed by atoms with E-state index in [-0.39, 0.29) is 11.6 Å². The van der Waals surface area contributed by atoms with Crippen LogP contribution in [-0.4, -0.2) is 47.1 Å². The van der Waals surface area contributed by atoms with Gasteiger partial charge in [0.05, 0.1) is 19.3 Å². The molecule has 0 fully saturated rings. The average molecular weight is 255 g/mol. The summed E-state index contributed by atoms with van der Waals surface area (Å²) in [5.41, 5.74) is 6.28. The standard InChI is InChI=1S/C10H17N5O3/c1-7(16)12-5-6-15-8(3-4-11)9(13-14-15)10(17)18-2/h3-6,11H2,1-2H3,(H,12,16). The first kappa shape index (κ1) is 14.1. The summed E-state index contributed by atoms with van der Waals surface area (Å²) in [4.78, 5) is 22.2. The lowest BCUT2D eigenvalue weighted by Gasteiger charge is -2.06. The zero-order valence-electron chi connectivity index (χ0n) is 10.5. The first-order valence-electron chi connectivity index (χ1n) is 5.55. The lowest BCUT2D eigenvalue weighted by Crippen LogP contribution is -2.26. The van der Waals surface area contributed by atoms with Crippen LogP contribution in [0.25, 0.3) is 0 Å². The monoisotopic (exact) mass is 255 g/mol. The minimum atomic E-state index is -0.538. The van der Waals surface area contributed by atoms with Crippen LogP contribution < -0.4 is 11.1 Å². The lowest BCUT2D eigenvalue weighted by atomic mass is 10.2. The second-order valence-corrected chi connectivity index (χ2v) is 3.62. The molecule has 0 bridgehead atoms. The summed E-state index contributed by atoms with van der Waals surface area (Å²) in [6.45, 7) is 2.65. The number of nitrogens with one attached hydrogen (secondary N) is 1. The fourth-order valence-corrected chi connectivity index (χ4v) is 1.49. The summed E-state index contributed by atoms with van der Waals surface area (Å²) in [5.74, 6) is -0.659. The van der Waals surface area contributed by atoms with E-state index >= 15 is 0 Å². The highest BCUT2D eigenvalue weighted by Gasteiger charge is 2.19. The molecule has 0 spiro atoms. The second-order valence-electron chi connectivity index (χ2n) is 3.62. The Balaban J connectivity index is 2.80. The molecule has 1 aromatic rings. The van der Waals surface area contributed by atoms with Crippen LogP contribution in [0.15, 0.2) is 0 Å². The number of nitrogens with zero attached hydrogens (tertiary/aromatic N) is 3. The smallest absolute Gasteiger partial charge is 0.360 e. The van der Waals surface area contributed by atoms with Crippen LogP contribution in [0.1, 0.15) is 23.1 Å². The number of hydrogen-bond donors (Lipinski definition) is 2. The highest BCUT2D eigenvalue weighted by Crippen LogP contribution is 2.07. The van der Waals surface area contributed by atoms with Crippen LogP contribution in [0, 0.1) is 0 Å². The van der Waals surface area contributed by atoms with E-state index in [1.54, 1.807) is 4.68 Å². The molecule has 8 nitrogen and oxygen atoms in total. The topological polar surface area (TPSA) is 112 Å². The van der Waals surface area contributed by atoms with Gasteiger partial charge in [0, 0.05) is 19.9 Å². The highest BCUT2D eigenvalue weighted by atomic mass is 16.5. The average Bonchev–Trinajstić information content (AvgIpc) is 2.72. The van der Waals surface area contributed by atoms with Crippen LogP contribution in [0.4, 0.5) is 0 Å². The Bertz CT molecular complexity index is 429. The van der Waals surface area contributed by atoms with E-state index in [2.05, 4.69) is 20.4 Å². The molecule has 0 saturated carbocycles. The molecule has 100 valence electrons. The van der Waals surface area contributed by atoms with Gasteiger partial charge in [-0.2, -0.15) is 0 Å². The number of amides is 1. The van der Waals surface area contributed by atoms with Gasteiger partial charge in [0.2, 0.25) is 5.91 Å². The fourth-order valence-electron chi connectivity index (χ4n) is 1.49. The first-order chi connectivity index (χ1) is 8.60. The van der Waals surface area contributed by atoms with Crippen molar-refractivity contribution in [3.8, 4) is 0 Å². The Labute approximate surface area is 104 Å². The fraction of sp³-hybridized carbons (Fsp3) is 0.600. The molecule has 0 aromatic carbocycles. The Hall–Kier alpha value is -1.96. The molecular formula is C10H17N5O3. The maximum atomic E-state index is 11.5. The zero-order valence-corrected chi connectivity index (χ0v) is 10.5. The molecule has 0 saturated heterocycles. The number of nitrogens with two attached hydrogens (primary N) is 1. The quantitative estimate of drug-likeness (QED) is 0.611. The van der Waals surface area contributed by atoms with Gasteiger partial charge >= 0.3 is 5.97 Å². The van der Waals surface area contributed by atoms with Crippen molar-refractivity contribution in [3.05, 3.63) is 11.4 Å². The highest BCUT2D eigenvalue weighted by molar-refractivity contribution is 5.88. The Morgan fingerprint density at radius 1 is 1.50 bits per heavy atom. The molecule has 3 N–H and O–H groups in total. The molecule has 1 rings (SSSR count).